The van der Waals surface area contributed by atoms with Crippen LogP contribution in [0.4, 0.5) is 0 Å². The Labute approximate surface area is 248 Å². The molecule has 3 aliphatic carbocycles. The van der Waals surface area contributed by atoms with Crippen molar-refractivity contribution in [3.63, 3.8) is 0 Å². The fourth-order valence-corrected chi connectivity index (χ4v) is 8.63. The van der Waals surface area contributed by atoms with Crippen molar-refractivity contribution in [2.75, 3.05) is 0 Å². The number of nitrogens with one attached hydrogen (secondary N) is 1. The molecule has 6 nitrogen and oxygen atoms in total. The molecule has 6 heteroatoms. The molecule has 0 aromatic carbocycles. The molecule has 0 aliphatic heterocycles. The van der Waals surface area contributed by atoms with E-state index in [2.05, 4.69) is 36.3 Å². The van der Waals surface area contributed by atoms with Gasteiger partial charge < -0.3 is 25.4 Å². The minimum Gasteiger partial charge on any atom is -0.481 e. The number of rotatable bonds is 17. The fraction of sp³-hybridized carbons (Fsp3) is 0.800. The van der Waals surface area contributed by atoms with Gasteiger partial charge in [0, 0.05) is 18.3 Å². The van der Waals surface area contributed by atoms with Gasteiger partial charge in [0.2, 0.25) is 0 Å². The summed E-state index contributed by atoms with van der Waals surface area (Å²) in [4.78, 5) is 15.2. The van der Waals surface area contributed by atoms with E-state index in [0.29, 0.717) is 31.1 Å². The van der Waals surface area contributed by atoms with Gasteiger partial charge in [-0.3, -0.25) is 4.79 Å². The van der Waals surface area contributed by atoms with Gasteiger partial charge >= 0.3 is 5.97 Å². The normalized spacial score (nSPS) is 30.6. The first-order valence-corrected chi connectivity index (χ1v) is 16.8. The number of aromatic nitrogens is 1. The average molecular weight is 572 g/mol. The van der Waals surface area contributed by atoms with E-state index >= 15 is 0 Å². The van der Waals surface area contributed by atoms with Crippen LogP contribution in [0.3, 0.4) is 0 Å². The second-order valence-electron chi connectivity index (χ2n) is 14.1. The van der Waals surface area contributed by atoms with E-state index < -0.39 is 23.6 Å². The quantitative estimate of drug-likeness (QED) is 0.100. The Kier molecular flexibility index (Phi) is 12.0. The van der Waals surface area contributed by atoms with Crippen LogP contribution in [0.5, 0.6) is 0 Å². The Bertz CT molecular complexity index is 938. The van der Waals surface area contributed by atoms with E-state index in [4.69, 9.17) is 0 Å². The van der Waals surface area contributed by atoms with Crippen molar-refractivity contribution in [1.29, 1.82) is 0 Å². The first kappa shape index (κ1) is 32.3. The van der Waals surface area contributed by atoms with Crippen LogP contribution >= 0.6 is 0 Å². The summed E-state index contributed by atoms with van der Waals surface area (Å²) in [5, 5.41) is 43.1. The number of H-pyrrole nitrogens is 1. The molecule has 0 unspecified atom stereocenters. The summed E-state index contributed by atoms with van der Waals surface area (Å²) in [7, 11) is 0. The summed E-state index contributed by atoms with van der Waals surface area (Å²) in [6.07, 6.45) is 25.1. The molecule has 0 bridgehead atoms. The van der Waals surface area contributed by atoms with Crippen molar-refractivity contribution in [3.05, 3.63) is 36.2 Å². The minimum atomic E-state index is -0.937. The molecule has 232 valence electrons. The van der Waals surface area contributed by atoms with Crippen molar-refractivity contribution in [1.82, 2.24) is 4.98 Å². The highest BCUT2D eigenvalue weighted by Gasteiger charge is 2.54. The number of aliphatic hydroxyl groups excluding tert-OH is 2. The molecule has 0 amide bonds. The third kappa shape index (κ3) is 8.93. The summed E-state index contributed by atoms with van der Waals surface area (Å²) in [6.45, 7) is 2.22. The number of aliphatic hydroxyl groups is 3. The van der Waals surface area contributed by atoms with Gasteiger partial charge in [0.1, 0.15) is 0 Å². The standard InChI is InChI=1S/C35H57NO5/c1-2-3-5-10-26-13-14-28(32(38)22-26)11-6-4-7-12-30(33(39)40)31(37)15-19-35(41)23-29(21-27-16-20-36-24-27)34(25-35)17-8-9-18-34/h13-14,16,20,24,26,28-32,36-38,41H,2-12,15,17-19,21-23,25H2,1H3,(H,39,40)/t26-,28-,29-,30+,31-,32-,35-/m1/s1. The van der Waals surface area contributed by atoms with Gasteiger partial charge in [0.25, 0.3) is 0 Å². The number of carboxylic acid groups (broad SMARTS) is 1. The van der Waals surface area contributed by atoms with Gasteiger partial charge in [-0.25, -0.2) is 0 Å². The highest BCUT2D eigenvalue weighted by molar-refractivity contribution is 5.70. The van der Waals surface area contributed by atoms with E-state index in [1.54, 1.807) is 0 Å². The molecule has 1 aromatic heterocycles. The predicted molar refractivity (Wildman–Crippen MR) is 163 cm³/mol. The molecular formula is C35H57NO5. The molecule has 3 aliphatic rings. The number of carboxylic acids is 1. The molecule has 0 radical (unpaired) electrons. The molecule has 1 spiro atoms. The molecule has 2 fully saturated rings. The summed E-state index contributed by atoms with van der Waals surface area (Å²) in [5.41, 5.74) is 0.649. The maximum atomic E-state index is 12.1. The van der Waals surface area contributed by atoms with Gasteiger partial charge in [0.15, 0.2) is 0 Å². The van der Waals surface area contributed by atoms with Crippen LogP contribution in [0.15, 0.2) is 30.6 Å². The highest BCUT2D eigenvalue weighted by Crippen LogP contribution is 2.59. The number of aromatic amines is 1. The first-order chi connectivity index (χ1) is 19.7. The second kappa shape index (κ2) is 15.2. The number of allylic oxidation sites excluding steroid dienone is 1. The Hall–Kier alpha value is -1.63. The number of aliphatic carboxylic acids is 1. The van der Waals surface area contributed by atoms with Crippen LogP contribution in [-0.4, -0.2) is 49.2 Å². The molecule has 0 saturated heterocycles. The molecule has 2 saturated carbocycles. The Morgan fingerprint density at radius 2 is 1.85 bits per heavy atom. The zero-order valence-electron chi connectivity index (χ0n) is 25.5. The van der Waals surface area contributed by atoms with Gasteiger partial charge in [-0.2, -0.15) is 0 Å². The SMILES string of the molecule is CCCCC[C@@H]1C=C[C@@H](CCCCC[C@H](C(=O)O)[C@H](O)CC[C@@]2(O)C[C@@H](Cc3cc[nH]c3)C3(CCCC3)C2)[C@H](O)C1. The lowest BCUT2D eigenvalue weighted by atomic mass is 9.74. The van der Waals surface area contributed by atoms with Crippen LogP contribution in [0, 0.1) is 29.1 Å². The van der Waals surface area contributed by atoms with Crippen LogP contribution < -0.4 is 0 Å². The monoisotopic (exact) mass is 571 g/mol. The molecule has 1 heterocycles. The van der Waals surface area contributed by atoms with Gasteiger partial charge in [-0.05, 0) is 99.5 Å². The van der Waals surface area contributed by atoms with E-state index in [0.717, 1.165) is 64.2 Å². The van der Waals surface area contributed by atoms with E-state index in [-0.39, 0.29) is 17.4 Å². The van der Waals surface area contributed by atoms with Gasteiger partial charge in [0.05, 0.1) is 23.7 Å². The largest absolute Gasteiger partial charge is 0.481 e. The lowest BCUT2D eigenvalue weighted by Gasteiger charge is -2.31. The number of carbonyl (C=O) groups is 1. The summed E-state index contributed by atoms with van der Waals surface area (Å²) >= 11 is 0. The Morgan fingerprint density at radius 1 is 1.07 bits per heavy atom. The van der Waals surface area contributed by atoms with E-state index in [1.165, 1.54) is 44.1 Å². The van der Waals surface area contributed by atoms with Crippen molar-refractivity contribution < 1.29 is 25.2 Å². The lowest BCUT2D eigenvalue weighted by Crippen LogP contribution is -2.33. The smallest absolute Gasteiger partial charge is 0.309 e. The average Bonchev–Trinajstić information content (AvgIpc) is 3.68. The number of hydrogen-bond donors (Lipinski definition) is 5. The van der Waals surface area contributed by atoms with Gasteiger partial charge in [-0.15, -0.1) is 0 Å². The maximum absolute atomic E-state index is 12.1. The van der Waals surface area contributed by atoms with Crippen LogP contribution in [0.1, 0.15) is 128 Å². The zero-order valence-corrected chi connectivity index (χ0v) is 25.5. The van der Waals surface area contributed by atoms with Crippen molar-refractivity contribution in [2.24, 2.45) is 29.1 Å². The first-order valence-electron chi connectivity index (χ1n) is 16.8. The van der Waals surface area contributed by atoms with Crippen molar-refractivity contribution in [3.8, 4) is 0 Å². The van der Waals surface area contributed by atoms with Crippen LogP contribution in [0.25, 0.3) is 0 Å². The summed E-state index contributed by atoms with van der Waals surface area (Å²) < 4.78 is 0. The molecule has 4 rings (SSSR count). The fourth-order valence-electron chi connectivity index (χ4n) is 8.63. The Morgan fingerprint density at radius 3 is 2.54 bits per heavy atom. The molecule has 5 N–H and O–H groups in total. The van der Waals surface area contributed by atoms with E-state index in [9.17, 15) is 25.2 Å². The Balaban J connectivity index is 1.19. The second-order valence-corrected chi connectivity index (χ2v) is 14.1. The minimum absolute atomic E-state index is 0.181. The third-order valence-electron chi connectivity index (χ3n) is 11.0. The van der Waals surface area contributed by atoms with E-state index in [1.807, 2.05) is 6.20 Å². The van der Waals surface area contributed by atoms with Crippen LogP contribution in [-0.2, 0) is 11.2 Å². The van der Waals surface area contributed by atoms with Crippen molar-refractivity contribution in [2.45, 2.75) is 147 Å². The molecule has 41 heavy (non-hydrogen) atoms. The topological polar surface area (TPSA) is 114 Å². The summed E-state index contributed by atoms with van der Waals surface area (Å²) in [6, 6.07) is 2.13. The molecular weight excluding hydrogens is 514 g/mol. The number of unbranched alkanes of at least 4 members (excludes halogenated alkanes) is 4. The van der Waals surface area contributed by atoms with Crippen LogP contribution in [0.2, 0.25) is 0 Å². The summed E-state index contributed by atoms with van der Waals surface area (Å²) in [5.74, 6) is -0.590. The third-order valence-corrected chi connectivity index (χ3v) is 11.0. The number of hydrogen-bond acceptors (Lipinski definition) is 4. The van der Waals surface area contributed by atoms with Crippen molar-refractivity contribution >= 4 is 5.97 Å². The van der Waals surface area contributed by atoms with Gasteiger partial charge in [-0.1, -0.05) is 70.4 Å². The zero-order chi connectivity index (χ0) is 29.3. The molecule has 7 atom stereocenters. The predicted octanol–water partition coefficient (Wildman–Crippen LogP) is 7.18. The maximum Gasteiger partial charge on any atom is 0.309 e. The lowest BCUT2D eigenvalue weighted by molar-refractivity contribution is -0.146. The highest BCUT2D eigenvalue weighted by atomic mass is 16.4. The molecule has 1 aromatic rings.